The van der Waals surface area contributed by atoms with E-state index in [1.807, 2.05) is 24.3 Å². The van der Waals surface area contributed by atoms with Gasteiger partial charge in [0.15, 0.2) is 5.82 Å². The van der Waals surface area contributed by atoms with Crippen LogP contribution in [0.1, 0.15) is 21.5 Å². The van der Waals surface area contributed by atoms with E-state index in [9.17, 15) is 18.0 Å². The average Bonchev–Trinajstić information content (AvgIpc) is 3.07. The monoisotopic (exact) mass is 395 g/mol. The van der Waals surface area contributed by atoms with Crippen molar-refractivity contribution < 1.29 is 18.0 Å². The molecule has 0 atom stereocenters. The van der Waals surface area contributed by atoms with Crippen molar-refractivity contribution in [1.82, 2.24) is 9.78 Å². The molecule has 0 aliphatic heterocycles. The summed E-state index contributed by atoms with van der Waals surface area (Å²) in [6.45, 7) is -0.130. The summed E-state index contributed by atoms with van der Waals surface area (Å²) in [5.74, 6) is -2.07. The molecular formula is C22H16F3N3O. The summed E-state index contributed by atoms with van der Waals surface area (Å²) < 4.78 is 41.7. The van der Waals surface area contributed by atoms with Crippen molar-refractivity contribution in [3.05, 3.63) is 95.1 Å². The van der Waals surface area contributed by atoms with Gasteiger partial charge in [0.1, 0.15) is 18.3 Å². The second-order valence-corrected chi connectivity index (χ2v) is 6.55. The van der Waals surface area contributed by atoms with Crippen molar-refractivity contribution in [2.45, 2.75) is 13.2 Å². The van der Waals surface area contributed by atoms with Crippen molar-refractivity contribution in [2.75, 3.05) is 5.32 Å². The molecule has 146 valence electrons. The van der Waals surface area contributed by atoms with Crippen LogP contribution in [-0.4, -0.2) is 15.7 Å². The molecule has 7 heteroatoms. The van der Waals surface area contributed by atoms with E-state index in [4.69, 9.17) is 0 Å². The van der Waals surface area contributed by atoms with E-state index in [1.165, 1.54) is 0 Å². The first-order chi connectivity index (χ1) is 14.0. The molecule has 0 bridgehead atoms. The quantitative estimate of drug-likeness (QED) is 0.512. The Hall–Kier alpha value is -3.61. The first-order valence-corrected chi connectivity index (χ1v) is 8.91. The molecule has 0 aliphatic carbocycles. The Morgan fingerprint density at radius 3 is 2.45 bits per heavy atom. The number of carbonyl (C=O) groups is 1. The predicted octanol–water partition coefficient (Wildman–Crippen LogP) is 5.08. The van der Waals surface area contributed by atoms with E-state index in [0.717, 1.165) is 29.3 Å². The van der Waals surface area contributed by atoms with Crippen molar-refractivity contribution in [1.29, 1.82) is 0 Å². The maximum absolute atomic E-state index is 13.9. The molecule has 0 aliphatic rings. The third kappa shape index (κ3) is 3.85. The van der Waals surface area contributed by atoms with E-state index >= 15 is 0 Å². The van der Waals surface area contributed by atoms with Crippen LogP contribution in [0.5, 0.6) is 0 Å². The summed E-state index contributed by atoms with van der Waals surface area (Å²) >= 11 is 0. The zero-order valence-electron chi connectivity index (χ0n) is 15.2. The van der Waals surface area contributed by atoms with E-state index in [2.05, 4.69) is 10.4 Å². The SMILES string of the molecule is O=C(Nc1nn(Cc2ccc(CF)cc2)c2ccccc12)c1cc(F)ccc1F. The highest BCUT2D eigenvalue weighted by Crippen LogP contribution is 2.24. The Morgan fingerprint density at radius 1 is 0.966 bits per heavy atom. The van der Waals surface area contributed by atoms with E-state index in [1.54, 1.807) is 28.9 Å². The van der Waals surface area contributed by atoms with Gasteiger partial charge in [-0.3, -0.25) is 9.48 Å². The standard InChI is InChI=1S/C22H16F3N3O/c23-12-14-5-7-15(8-6-14)13-28-20-4-2-1-3-17(20)21(27-28)26-22(29)18-11-16(24)9-10-19(18)25/h1-11H,12-13H2,(H,26,27,29). The Morgan fingerprint density at radius 2 is 1.69 bits per heavy atom. The number of amides is 1. The van der Waals surface area contributed by atoms with E-state index < -0.39 is 29.8 Å². The van der Waals surface area contributed by atoms with Gasteiger partial charge in [-0.2, -0.15) is 5.10 Å². The number of alkyl halides is 1. The summed E-state index contributed by atoms with van der Waals surface area (Å²) in [5, 5.41) is 7.67. The minimum atomic E-state index is -0.819. The third-order valence-electron chi connectivity index (χ3n) is 4.57. The summed E-state index contributed by atoms with van der Waals surface area (Å²) in [6, 6.07) is 17.0. The fraction of sp³-hybridized carbons (Fsp3) is 0.0909. The van der Waals surface area contributed by atoms with Crippen molar-refractivity contribution in [3.63, 3.8) is 0 Å². The highest BCUT2D eigenvalue weighted by Gasteiger charge is 2.17. The van der Waals surface area contributed by atoms with Crippen LogP contribution < -0.4 is 5.32 Å². The smallest absolute Gasteiger partial charge is 0.259 e. The molecule has 1 heterocycles. The minimum Gasteiger partial charge on any atom is -0.304 e. The lowest BCUT2D eigenvalue weighted by molar-refractivity contribution is 0.102. The Bertz CT molecular complexity index is 1190. The zero-order valence-corrected chi connectivity index (χ0v) is 15.2. The van der Waals surface area contributed by atoms with Gasteiger partial charge >= 0.3 is 0 Å². The number of anilines is 1. The summed E-state index contributed by atoms with van der Waals surface area (Å²) in [6.07, 6.45) is 0. The van der Waals surface area contributed by atoms with Crippen LogP contribution in [0.15, 0.2) is 66.7 Å². The van der Waals surface area contributed by atoms with Crippen molar-refractivity contribution in [3.8, 4) is 0 Å². The number of rotatable bonds is 5. The summed E-state index contributed by atoms with van der Waals surface area (Å²) in [5.41, 5.74) is 1.86. The molecule has 0 unspecified atom stereocenters. The fourth-order valence-corrected chi connectivity index (χ4v) is 3.09. The first-order valence-electron chi connectivity index (χ1n) is 8.91. The van der Waals surface area contributed by atoms with Crippen LogP contribution in [-0.2, 0) is 13.2 Å². The molecule has 0 radical (unpaired) electrons. The molecular weight excluding hydrogens is 379 g/mol. The highest BCUT2D eigenvalue weighted by molar-refractivity contribution is 6.08. The number of nitrogens with zero attached hydrogens (tertiary/aromatic N) is 2. The van der Waals surface area contributed by atoms with Crippen LogP contribution in [0.3, 0.4) is 0 Å². The van der Waals surface area contributed by atoms with Crippen LogP contribution in [0.2, 0.25) is 0 Å². The maximum atomic E-state index is 13.9. The molecule has 0 saturated heterocycles. The fourth-order valence-electron chi connectivity index (χ4n) is 3.09. The van der Waals surface area contributed by atoms with Crippen LogP contribution in [0.4, 0.5) is 19.0 Å². The number of hydrogen-bond acceptors (Lipinski definition) is 2. The minimum absolute atomic E-state index is 0.245. The Kier molecular flexibility index (Phi) is 5.03. The normalized spacial score (nSPS) is 11.0. The van der Waals surface area contributed by atoms with Gasteiger partial charge in [-0.15, -0.1) is 0 Å². The van der Waals surface area contributed by atoms with E-state index in [0.29, 0.717) is 17.5 Å². The molecule has 1 amide bonds. The summed E-state index contributed by atoms with van der Waals surface area (Å²) in [4.78, 5) is 12.5. The van der Waals surface area contributed by atoms with Gasteiger partial charge in [0.2, 0.25) is 0 Å². The average molecular weight is 395 g/mol. The lowest BCUT2D eigenvalue weighted by Gasteiger charge is -2.05. The van der Waals surface area contributed by atoms with Gasteiger partial charge in [0, 0.05) is 5.39 Å². The molecule has 0 fully saturated rings. The molecule has 1 N–H and O–H groups in total. The molecule has 0 spiro atoms. The number of hydrogen-bond donors (Lipinski definition) is 1. The summed E-state index contributed by atoms with van der Waals surface area (Å²) in [7, 11) is 0. The molecule has 0 saturated carbocycles. The number of carbonyl (C=O) groups excluding carboxylic acids is 1. The third-order valence-corrected chi connectivity index (χ3v) is 4.57. The van der Waals surface area contributed by atoms with Crippen LogP contribution in [0.25, 0.3) is 10.9 Å². The maximum Gasteiger partial charge on any atom is 0.259 e. The topological polar surface area (TPSA) is 46.9 Å². The van der Waals surface area contributed by atoms with Gasteiger partial charge in [-0.1, -0.05) is 36.4 Å². The number of fused-ring (bicyclic) bond motifs is 1. The van der Waals surface area contributed by atoms with E-state index in [-0.39, 0.29) is 5.82 Å². The molecule has 3 aromatic carbocycles. The number of halogens is 3. The number of benzene rings is 3. The van der Waals surface area contributed by atoms with Gasteiger partial charge in [0.25, 0.3) is 5.91 Å². The van der Waals surface area contributed by atoms with Gasteiger partial charge in [0.05, 0.1) is 17.6 Å². The molecule has 29 heavy (non-hydrogen) atoms. The predicted molar refractivity (Wildman–Crippen MR) is 104 cm³/mol. The highest BCUT2D eigenvalue weighted by atomic mass is 19.1. The molecule has 1 aromatic heterocycles. The Balaban J connectivity index is 1.66. The lowest BCUT2D eigenvalue weighted by Crippen LogP contribution is -2.15. The van der Waals surface area contributed by atoms with Gasteiger partial charge in [-0.05, 0) is 41.5 Å². The Labute approximate surface area is 164 Å². The van der Waals surface area contributed by atoms with Crippen LogP contribution >= 0.6 is 0 Å². The first kappa shape index (κ1) is 18.7. The van der Waals surface area contributed by atoms with Gasteiger partial charge in [-0.25, -0.2) is 13.2 Å². The van der Waals surface area contributed by atoms with Crippen molar-refractivity contribution >= 4 is 22.6 Å². The molecule has 4 rings (SSSR count). The second-order valence-electron chi connectivity index (χ2n) is 6.55. The number of aromatic nitrogens is 2. The van der Waals surface area contributed by atoms with Gasteiger partial charge < -0.3 is 5.32 Å². The number of para-hydroxylation sites is 1. The molecule has 4 aromatic rings. The number of nitrogens with one attached hydrogen (secondary N) is 1. The van der Waals surface area contributed by atoms with Crippen molar-refractivity contribution in [2.24, 2.45) is 0 Å². The zero-order chi connectivity index (χ0) is 20.4. The molecule has 4 nitrogen and oxygen atoms in total. The second kappa shape index (κ2) is 7.79. The largest absolute Gasteiger partial charge is 0.304 e. The lowest BCUT2D eigenvalue weighted by atomic mass is 10.1. The van der Waals surface area contributed by atoms with Crippen LogP contribution in [0, 0.1) is 11.6 Å².